The molecule has 6 nitrogen and oxygen atoms in total. The number of rotatable bonds is 6. The molecule has 6 heteroatoms. The Hall–Kier alpha value is -2.50. The maximum Gasteiger partial charge on any atom is 0.251 e. The minimum absolute atomic E-state index is 0.174. The summed E-state index contributed by atoms with van der Waals surface area (Å²) in [6, 6.07) is 7.10. The molecule has 0 saturated heterocycles. The Bertz CT molecular complexity index is 580. The molecule has 1 amide bonds. The molecule has 0 radical (unpaired) electrons. The number of nitrogens with two attached hydrogens (primary N) is 1. The van der Waals surface area contributed by atoms with Crippen LogP contribution in [-0.2, 0) is 6.54 Å². The van der Waals surface area contributed by atoms with E-state index in [0.717, 1.165) is 12.0 Å². The SMILES string of the molecule is CCCOc1cccc(C(=O)NCc2cn[nH]c2N)c1. The van der Waals surface area contributed by atoms with Crippen LogP contribution >= 0.6 is 0 Å². The topological polar surface area (TPSA) is 93.0 Å². The molecule has 0 saturated carbocycles. The lowest BCUT2D eigenvalue weighted by molar-refractivity contribution is 0.0950. The predicted octanol–water partition coefficient (Wildman–Crippen LogP) is 1.71. The molecule has 1 aromatic heterocycles. The molecule has 2 rings (SSSR count). The van der Waals surface area contributed by atoms with Crippen LogP contribution in [0, 0.1) is 0 Å². The number of aromatic nitrogens is 2. The van der Waals surface area contributed by atoms with Crippen molar-refractivity contribution in [2.45, 2.75) is 19.9 Å². The van der Waals surface area contributed by atoms with Gasteiger partial charge in [0.2, 0.25) is 0 Å². The van der Waals surface area contributed by atoms with Gasteiger partial charge < -0.3 is 15.8 Å². The summed E-state index contributed by atoms with van der Waals surface area (Å²) in [6.07, 6.45) is 2.52. The Morgan fingerprint density at radius 1 is 1.50 bits per heavy atom. The maximum atomic E-state index is 12.0. The van der Waals surface area contributed by atoms with Gasteiger partial charge in [-0.05, 0) is 24.6 Å². The molecule has 1 aromatic carbocycles. The summed E-state index contributed by atoms with van der Waals surface area (Å²) in [6.45, 7) is 3.00. The highest BCUT2D eigenvalue weighted by Crippen LogP contribution is 2.14. The molecule has 2 aromatic rings. The van der Waals surface area contributed by atoms with Gasteiger partial charge in [0.15, 0.2) is 0 Å². The summed E-state index contributed by atoms with van der Waals surface area (Å²) in [5.74, 6) is 0.986. The van der Waals surface area contributed by atoms with Gasteiger partial charge >= 0.3 is 0 Å². The molecule has 106 valence electrons. The predicted molar refractivity (Wildman–Crippen MR) is 76.4 cm³/mol. The van der Waals surface area contributed by atoms with Gasteiger partial charge in [0.25, 0.3) is 5.91 Å². The van der Waals surface area contributed by atoms with Crippen molar-refractivity contribution in [1.29, 1.82) is 0 Å². The highest BCUT2D eigenvalue weighted by molar-refractivity contribution is 5.94. The van der Waals surface area contributed by atoms with Gasteiger partial charge in [-0.3, -0.25) is 9.89 Å². The van der Waals surface area contributed by atoms with Gasteiger partial charge in [-0.15, -0.1) is 0 Å². The fourth-order valence-electron chi connectivity index (χ4n) is 1.69. The first-order valence-electron chi connectivity index (χ1n) is 6.49. The second kappa shape index (κ2) is 6.60. The van der Waals surface area contributed by atoms with Crippen LogP contribution < -0.4 is 15.8 Å². The summed E-state index contributed by atoms with van der Waals surface area (Å²) in [5, 5.41) is 9.21. The normalized spacial score (nSPS) is 10.2. The highest BCUT2D eigenvalue weighted by Gasteiger charge is 2.08. The van der Waals surface area contributed by atoms with Crippen molar-refractivity contribution in [1.82, 2.24) is 15.5 Å². The lowest BCUT2D eigenvalue weighted by Gasteiger charge is -2.07. The minimum Gasteiger partial charge on any atom is -0.494 e. The van der Waals surface area contributed by atoms with Crippen LogP contribution in [0.15, 0.2) is 30.5 Å². The number of carbonyl (C=O) groups excluding carboxylic acids is 1. The number of nitrogen functional groups attached to an aromatic ring is 1. The van der Waals surface area contributed by atoms with E-state index in [1.807, 2.05) is 13.0 Å². The van der Waals surface area contributed by atoms with Crippen LogP contribution in [-0.4, -0.2) is 22.7 Å². The average Bonchev–Trinajstić information content (AvgIpc) is 2.88. The zero-order valence-corrected chi connectivity index (χ0v) is 11.3. The molecule has 0 atom stereocenters. The molecule has 0 aliphatic carbocycles. The number of ether oxygens (including phenoxy) is 1. The Kier molecular flexibility index (Phi) is 4.60. The number of hydrogen-bond acceptors (Lipinski definition) is 4. The Morgan fingerprint density at radius 2 is 2.35 bits per heavy atom. The number of nitrogens with one attached hydrogen (secondary N) is 2. The Labute approximate surface area is 117 Å². The van der Waals surface area contributed by atoms with Crippen molar-refractivity contribution in [3.05, 3.63) is 41.6 Å². The minimum atomic E-state index is -0.174. The van der Waals surface area contributed by atoms with Gasteiger partial charge in [-0.25, -0.2) is 0 Å². The van der Waals surface area contributed by atoms with Crippen LogP contribution in [0.1, 0.15) is 29.3 Å². The first-order chi connectivity index (χ1) is 9.70. The second-order valence-electron chi connectivity index (χ2n) is 4.37. The monoisotopic (exact) mass is 274 g/mol. The van der Waals surface area contributed by atoms with Crippen LogP contribution in [0.3, 0.4) is 0 Å². The fraction of sp³-hybridized carbons (Fsp3) is 0.286. The van der Waals surface area contributed by atoms with Gasteiger partial charge in [-0.2, -0.15) is 5.10 Å². The van der Waals surface area contributed by atoms with Crippen LogP contribution in [0.5, 0.6) is 5.75 Å². The molecule has 0 aliphatic rings. The molecule has 1 heterocycles. The van der Waals surface area contributed by atoms with Crippen molar-refractivity contribution in [3.8, 4) is 5.75 Å². The molecule has 0 fully saturated rings. The summed E-state index contributed by atoms with van der Waals surface area (Å²) in [7, 11) is 0. The van der Waals surface area contributed by atoms with E-state index in [2.05, 4.69) is 15.5 Å². The molecule has 20 heavy (non-hydrogen) atoms. The van der Waals surface area contributed by atoms with Crippen molar-refractivity contribution in [3.63, 3.8) is 0 Å². The third-order valence-corrected chi connectivity index (χ3v) is 2.76. The quantitative estimate of drug-likeness (QED) is 0.747. The second-order valence-corrected chi connectivity index (χ2v) is 4.37. The van der Waals surface area contributed by atoms with Gasteiger partial charge in [0.1, 0.15) is 11.6 Å². The van der Waals surface area contributed by atoms with E-state index < -0.39 is 0 Å². The molecular weight excluding hydrogens is 256 g/mol. The number of carbonyl (C=O) groups is 1. The van der Waals surface area contributed by atoms with Crippen LogP contribution in [0.25, 0.3) is 0 Å². The van der Waals surface area contributed by atoms with E-state index in [1.54, 1.807) is 24.4 Å². The average molecular weight is 274 g/mol. The highest BCUT2D eigenvalue weighted by atomic mass is 16.5. The molecule has 0 aliphatic heterocycles. The van der Waals surface area contributed by atoms with E-state index >= 15 is 0 Å². The third kappa shape index (κ3) is 3.50. The molecule has 0 unspecified atom stereocenters. The zero-order chi connectivity index (χ0) is 14.4. The van der Waals surface area contributed by atoms with Gasteiger partial charge in [0.05, 0.1) is 12.8 Å². The number of H-pyrrole nitrogens is 1. The number of amides is 1. The standard InChI is InChI=1S/C14H18N4O2/c1-2-6-20-12-5-3-4-10(7-12)14(19)16-8-11-9-17-18-13(11)15/h3-5,7,9H,2,6,8H2,1H3,(H,16,19)(H3,15,17,18). The largest absolute Gasteiger partial charge is 0.494 e. The maximum absolute atomic E-state index is 12.0. The van der Waals surface area contributed by atoms with E-state index in [1.165, 1.54) is 0 Å². The lowest BCUT2D eigenvalue weighted by Crippen LogP contribution is -2.23. The first-order valence-corrected chi connectivity index (χ1v) is 6.49. The van der Waals surface area contributed by atoms with Crippen LogP contribution in [0.2, 0.25) is 0 Å². The van der Waals surface area contributed by atoms with Crippen LogP contribution in [0.4, 0.5) is 5.82 Å². The van der Waals surface area contributed by atoms with E-state index in [0.29, 0.717) is 30.3 Å². The Morgan fingerprint density at radius 3 is 3.05 bits per heavy atom. The lowest BCUT2D eigenvalue weighted by atomic mass is 10.2. The van der Waals surface area contributed by atoms with Gasteiger partial charge in [0, 0.05) is 17.7 Å². The van der Waals surface area contributed by atoms with E-state index in [9.17, 15) is 4.79 Å². The number of aromatic amines is 1. The van der Waals surface area contributed by atoms with Crippen molar-refractivity contribution in [2.24, 2.45) is 0 Å². The summed E-state index contributed by atoms with van der Waals surface area (Å²) in [4.78, 5) is 12.0. The zero-order valence-electron chi connectivity index (χ0n) is 11.3. The number of hydrogen-bond donors (Lipinski definition) is 3. The van der Waals surface area contributed by atoms with Crippen molar-refractivity contribution < 1.29 is 9.53 Å². The molecule has 4 N–H and O–H groups in total. The van der Waals surface area contributed by atoms with E-state index in [-0.39, 0.29) is 5.91 Å². The molecular formula is C14H18N4O2. The fourth-order valence-corrected chi connectivity index (χ4v) is 1.69. The molecule has 0 spiro atoms. The number of nitrogens with zero attached hydrogens (tertiary/aromatic N) is 1. The van der Waals surface area contributed by atoms with Crippen molar-refractivity contribution >= 4 is 11.7 Å². The summed E-state index contributed by atoms with van der Waals surface area (Å²) >= 11 is 0. The summed E-state index contributed by atoms with van der Waals surface area (Å²) < 4.78 is 5.50. The van der Waals surface area contributed by atoms with E-state index in [4.69, 9.17) is 10.5 Å². The third-order valence-electron chi connectivity index (χ3n) is 2.76. The number of anilines is 1. The number of benzene rings is 1. The first kappa shape index (κ1) is 13.9. The Balaban J connectivity index is 1.96. The molecule has 0 bridgehead atoms. The van der Waals surface area contributed by atoms with Crippen molar-refractivity contribution in [2.75, 3.05) is 12.3 Å². The summed E-state index contributed by atoms with van der Waals surface area (Å²) in [5.41, 5.74) is 6.97. The smallest absolute Gasteiger partial charge is 0.251 e. The van der Waals surface area contributed by atoms with Gasteiger partial charge in [-0.1, -0.05) is 13.0 Å².